The molecule has 0 fully saturated rings. The molecular formula is C12H13N5. The Bertz CT molecular complexity index is 572. The maximum Gasteiger partial charge on any atom is 0.154 e. The van der Waals surface area contributed by atoms with Crippen molar-refractivity contribution >= 4 is 5.84 Å². The Morgan fingerprint density at radius 3 is 2.76 bits per heavy atom. The van der Waals surface area contributed by atoms with E-state index in [1.165, 1.54) is 0 Å². The summed E-state index contributed by atoms with van der Waals surface area (Å²) in [5.41, 5.74) is 12.6. The van der Waals surface area contributed by atoms with Gasteiger partial charge in [-0.15, -0.1) is 0 Å². The largest absolute Gasteiger partial charge is 0.386 e. The van der Waals surface area contributed by atoms with E-state index in [0.29, 0.717) is 12.3 Å². The van der Waals surface area contributed by atoms with Gasteiger partial charge in [0.15, 0.2) is 5.82 Å². The Morgan fingerprint density at radius 1 is 1.24 bits per heavy atom. The van der Waals surface area contributed by atoms with E-state index >= 15 is 0 Å². The van der Waals surface area contributed by atoms with Gasteiger partial charge in [0.05, 0.1) is 0 Å². The molecule has 0 bridgehead atoms. The normalized spacial score (nSPS) is 23.0. The predicted octanol–water partition coefficient (Wildman–Crippen LogP) is 0.609. The Morgan fingerprint density at radius 2 is 2.00 bits per heavy atom. The Labute approximate surface area is 98.8 Å². The van der Waals surface area contributed by atoms with E-state index in [1.807, 2.05) is 30.3 Å². The number of imidazole rings is 1. The molecule has 0 aliphatic carbocycles. The maximum atomic E-state index is 6.48. The van der Waals surface area contributed by atoms with Crippen LogP contribution in [0, 0.1) is 0 Å². The van der Waals surface area contributed by atoms with Gasteiger partial charge in [0.25, 0.3) is 0 Å². The van der Waals surface area contributed by atoms with Gasteiger partial charge in [0.1, 0.15) is 11.4 Å². The highest BCUT2D eigenvalue weighted by molar-refractivity contribution is 5.83. The topological polar surface area (TPSA) is 82.2 Å². The summed E-state index contributed by atoms with van der Waals surface area (Å²) in [5, 5.41) is 4.20. The fourth-order valence-corrected chi connectivity index (χ4v) is 2.20. The molecule has 5 nitrogen and oxygen atoms in total. The Kier molecular flexibility index (Phi) is 2.02. The summed E-state index contributed by atoms with van der Waals surface area (Å²) in [7, 11) is 0. The average molecular weight is 227 g/mol. The molecule has 5 heteroatoms. The third-order valence-corrected chi connectivity index (χ3v) is 3.01. The number of aromatic nitrogens is 2. The number of hydrogen-bond acceptors (Lipinski definition) is 4. The summed E-state index contributed by atoms with van der Waals surface area (Å²) in [6, 6.07) is 9.84. The number of hydrogen-bond donors (Lipinski definition) is 2. The van der Waals surface area contributed by atoms with E-state index in [1.54, 1.807) is 17.1 Å². The lowest BCUT2D eigenvalue weighted by molar-refractivity contribution is 0.478. The fraction of sp³-hybridized carbons (Fsp3) is 0.167. The molecule has 0 spiro atoms. The van der Waals surface area contributed by atoms with Gasteiger partial charge in [0.2, 0.25) is 0 Å². The third kappa shape index (κ3) is 1.43. The van der Waals surface area contributed by atoms with Crippen LogP contribution in [0.2, 0.25) is 0 Å². The highest BCUT2D eigenvalue weighted by Crippen LogP contribution is 2.31. The van der Waals surface area contributed by atoms with E-state index in [9.17, 15) is 0 Å². The number of benzene rings is 1. The summed E-state index contributed by atoms with van der Waals surface area (Å²) >= 11 is 0. The second-order valence-electron chi connectivity index (χ2n) is 4.20. The van der Waals surface area contributed by atoms with Crippen LogP contribution in [0.15, 0.2) is 47.8 Å². The molecule has 1 aromatic carbocycles. The molecule has 0 saturated carbocycles. The molecule has 86 valence electrons. The SMILES string of the molecule is NC1=Nn2ccnc2C(N)(c2ccccc2)C1. The lowest BCUT2D eigenvalue weighted by Gasteiger charge is -2.31. The summed E-state index contributed by atoms with van der Waals surface area (Å²) in [6.07, 6.45) is 3.92. The molecule has 4 N–H and O–H groups in total. The minimum Gasteiger partial charge on any atom is -0.386 e. The number of nitrogens with zero attached hydrogens (tertiary/aromatic N) is 3. The Hall–Kier alpha value is -2.14. The molecule has 0 saturated heterocycles. The lowest BCUT2D eigenvalue weighted by Crippen LogP contribution is -2.46. The molecule has 0 radical (unpaired) electrons. The first-order valence-corrected chi connectivity index (χ1v) is 5.42. The molecule has 1 aromatic heterocycles. The van der Waals surface area contributed by atoms with Crippen LogP contribution in [0.25, 0.3) is 0 Å². The Balaban J connectivity index is 2.19. The quantitative estimate of drug-likeness (QED) is 0.748. The first-order chi connectivity index (χ1) is 8.20. The minimum atomic E-state index is -0.698. The fourth-order valence-electron chi connectivity index (χ4n) is 2.20. The van der Waals surface area contributed by atoms with Gasteiger partial charge in [-0.05, 0) is 5.56 Å². The summed E-state index contributed by atoms with van der Waals surface area (Å²) in [5.74, 6) is 1.24. The van der Waals surface area contributed by atoms with Gasteiger partial charge >= 0.3 is 0 Å². The first kappa shape index (κ1) is 10.0. The van der Waals surface area contributed by atoms with Crippen LogP contribution < -0.4 is 11.5 Å². The van der Waals surface area contributed by atoms with Crippen LogP contribution in [0.4, 0.5) is 0 Å². The molecule has 3 rings (SSSR count). The maximum absolute atomic E-state index is 6.48. The summed E-state index contributed by atoms with van der Waals surface area (Å²) in [6.45, 7) is 0. The van der Waals surface area contributed by atoms with Crippen molar-refractivity contribution in [3.63, 3.8) is 0 Å². The van der Waals surface area contributed by atoms with Crippen molar-refractivity contribution in [2.45, 2.75) is 12.0 Å². The number of rotatable bonds is 1. The number of fused-ring (bicyclic) bond motifs is 1. The summed E-state index contributed by atoms with van der Waals surface area (Å²) < 4.78 is 1.64. The van der Waals surface area contributed by atoms with Crippen LogP contribution in [0.1, 0.15) is 17.8 Å². The van der Waals surface area contributed by atoms with E-state index < -0.39 is 5.54 Å². The zero-order chi connectivity index (χ0) is 11.9. The minimum absolute atomic E-state index is 0.480. The zero-order valence-corrected chi connectivity index (χ0v) is 9.24. The van der Waals surface area contributed by atoms with Gasteiger partial charge < -0.3 is 11.5 Å². The van der Waals surface area contributed by atoms with Crippen LogP contribution >= 0.6 is 0 Å². The lowest BCUT2D eigenvalue weighted by atomic mass is 9.85. The van der Waals surface area contributed by atoms with Crippen molar-refractivity contribution in [1.29, 1.82) is 0 Å². The van der Waals surface area contributed by atoms with Gasteiger partial charge in [0, 0.05) is 18.8 Å². The van der Waals surface area contributed by atoms with Crippen LogP contribution in [0.5, 0.6) is 0 Å². The van der Waals surface area contributed by atoms with Gasteiger partial charge in [-0.25, -0.2) is 9.66 Å². The molecule has 1 unspecified atom stereocenters. The molecule has 0 amide bonds. The molecule has 1 aliphatic heterocycles. The van der Waals surface area contributed by atoms with Crippen molar-refractivity contribution in [2.24, 2.45) is 16.6 Å². The van der Waals surface area contributed by atoms with Crippen molar-refractivity contribution in [1.82, 2.24) is 9.66 Å². The van der Waals surface area contributed by atoms with Crippen LogP contribution in [0.3, 0.4) is 0 Å². The van der Waals surface area contributed by atoms with Gasteiger partial charge in [-0.3, -0.25) is 0 Å². The third-order valence-electron chi connectivity index (χ3n) is 3.01. The molecule has 2 aromatic rings. The van der Waals surface area contributed by atoms with Crippen molar-refractivity contribution in [2.75, 3.05) is 0 Å². The van der Waals surface area contributed by atoms with Crippen LogP contribution in [-0.4, -0.2) is 15.5 Å². The van der Waals surface area contributed by atoms with Crippen LogP contribution in [-0.2, 0) is 5.54 Å². The second-order valence-corrected chi connectivity index (χ2v) is 4.20. The number of nitrogens with two attached hydrogens (primary N) is 2. The molecule has 1 aliphatic rings. The van der Waals surface area contributed by atoms with Gasteiger partial charge in [-0.1, -0.05) is 30.3 Å². The van der Waals surface area contributed by atoms with Crippen molar-refractivity contribution < 1.29 is 0 Å². The van der Waals surface area contributed by atoms with E-state index in [0.717, 1.165) is 11.4 Å². The molecule has 2 heterocycles. The average Bonchev–Trinajstić information content (AvgIpc) is 2.79. The highest BCUT2D eigenvalue weighted by atomic mass is 15.4. The van der Waals surface area contributed by atoms with E-state index in [2.05, 4.69) is 10.1 Å². The molecule has 1 atom stereocenters. The van der Waals surface area contributed by atoms with Crippen molar-refractivity contribution in [3.8, 4) is 0 Å². The highest BCUT2D eigenvalue weighted by Gasteiger charge is 2.37. The monoisotopic (exact) mass is 227 g/mol. The van der Waals surface area contributed by atoms with E-state index in [-0.39, 0.29) is 0 Å². The van der Waals surface area contributed by atoms with Gasteiger partial charge in [-0.2, -0.15) is 5.10 Å². The zero-order valence-electron chi connectivity index (χ0n) is 9.24. The molecular weight excluding hydrogens is 214 g/mol. The second kappa shape index (κ2) is 3.43. The number of amidine groups is 1. The first-order valence-electron chi connectivity index (χ1n) is 5.42. The standard InChI is InChI=1S/C12H13N5/c13-10-8-12(14,9-4-2-1-3-5-9)11-15-6-7-17(11)16-10/h1-7H,8,14H2,(H2,13,16). The predicted molar refractivity (Wildman–Crippen MR) is 65.3 cm³/mol. The van der Waals surface area contributed by atoms with E-state index in [4.69, 9.17) is 11.5 Å². The smallest absolute Gasteiger partial charge is 0.154 e. The van der Waals surface area contributed by atoms with Crippen molar-refractivity contribution in [3.05, 3.63) is 54.1 Å². The molecule has 17 heavy (non-hydrogen) atoms. The summed E-state index contributed by atoms with van der Waals surface area (Å²) in [4.78, 5) is 4.30.